The van der Waals surface area contributed by atoms with Crippen LogP contribution in [0.4, 0.5) is 17.3 Å². The van der Waals surface area contributed by atoms with Crippen LogP contribution in [0.25, 0.3) is 0 Å². The second kappa shape index (κ2) is 7.47. The maximum Gasteiger partial charge on any atom is 0.353 e. The minimum atomic E-state index is -0.468. The highest BCUT2D eigenvalue weighted by Gasteiger charge is 2.25. The molecule has 106 valence electrons. The molecule has 0 fully saturated rings. The third-order valence-electron chi connectivity index (χ3n) is 2.61. The van der Waals surface area contributed by atoms with Crippen LogP contribution in [0.2, 0.25) is 0 Å². The standard InChI is InChI=1S/C11H19N5O3/c1-4-15(6-7-19-5-2)11-9(16(17)18)10(12-3)13-8-14-11/h8H,4-7H2,1-3H3,(H,12,13,14). The summed E-state index contributed by atoms with van der Waals surface area (Å²) in [5.41, 5.74) is -0.108. The molecule has 8 nitrogen and oxygen atoms in total. The van der Waals surface area contributed by atoms with E-state index in [0.29, 0.717) is 32.1 Å². The molecule has 0 unspecified atom stereocenters. The topological polar surface area (TPSA) is 93.4 Å². The van der Waals surface area contributed by atoms with Crippen molar-refractivity contribution in [3.05, 3.63) is 16.4 Å². The summed E-state index contributed by atoms with van der Waals surface area (Å²) in [6.45, 7) is 6.09. The predicted octanol–water partition coefficient (Wildman–Crippen LogP) is 1.29. The van der Waals surface area contributed by atoms with Gasteiger partial charge in [0.2, 0.25) is 11.6 Å². The molecule has 1 heterocycles. The Hall–Kier alpha value is -1.96. The summed E-state index contributed by atoms with van der Waals surface area (Å²) in [7, 11) is 1.59. The van der Waals surface area contributed by atoms with E-state index in [2.05, 4.69) is 15.3 Å². The van der Waals surface area contributed by atoms with E-state index < -0.39 is 4.92 Å². The Bertz CT molecular complexity index is 427. The number of anilines is 2. The fourth-order valence-electron chi connectivity index (χ4n) is 1.68. The second-order valence-corrected chi connectivity index (χ2v) is 3.68. The molecule has 1 aromatic heterocycles. The second-order valence-electron chi connectivity index (χ2n) is 3.68. The first kappa shape index (κ1) is 15.1. The molecule has 0 aromatic carbocycles. The number of hydrogen-bond acceptors (Lipinski definition) is 7. The van der Waals surface area contributed by atoms with Gasteiger partial charge in [0.15, 0.2) is 0 Å². The van der Waals surface area contributed by atoms with Crippen molar-refractivity contribution in [1.29, 1.82) is 0 Å². The van der Waals surface area contributed by atoms with Crippen molar-refractivity contribution in [1.82, 2.24) is 9.97 Å². The van der Waals surface area contributed by atoms with E-state index in [0.717, 1.165) is 0 Å². The summed E-state index contributed by atoms with van der Waals surface area (Å²) in [4.78, 5) is 20.4. The van der Waals surface area contributed by atoms with Crippen LogP contribution < -0.4 is 10.2 Å². The van der Waals surface area contributed by atoms with Gasteiger partial charge in [-0.3, -0.25) is 10.1 Å². The fraction of sp³-hybridized carbons (Fsp3) is 0.636. The lowest BCUT2D eigenvalue weighted by molar-refractivity contribution is -0.383. The van der Waals surface area contributed by atoms with Gasteiger partial charge in [0.05, 0.1) is 11.5 Å². The van der Waals surface area contributed by atoms with Gasteiger partial charge in [-0.15, -0.1) is 0 Å². The van der Waals surface area contributed by atoms with Gasteiger partial charge >= 0.3 is 5.69 Å². The highest BCUT2D eigenvalue weighted by molar-refractivity contribution is 5.70. The van der Waals surface area contributed by atoms with Crippen molar-refractivity contribution in [3.63, 3.8) is 0 Å². The molecule has 0 amide bonds. The number of likely N-dealkylation sites (N-methyl/N-ethyl adjacent to an activating group) is 1. The molecule has 8 heteroatoms. The zero-order chi connectivity index (χ0) is 14.3. The third-order valence-corrected chi connectivity index (χ3v) is 2.61. The molecule has 0 aliphatic heterocycles. The molecule has 0 bridgehead atoms. The first-order valence-corrected chi connectivity index (χ1v) is 6.15. The van der Waals surface area contributed by atoms with E-state index in [1.54, 1.807) is 11.9 Å². The lowest BCUT2D eigenvalue weighted by Crippen LogP contribution is -2.29. The van der Waals surface area contributed by atoms with Gasteiger partial charge in [-0.2, -0.15) is 0 Å². The van der Waals surface area contributed by atoms with Crippen LogP contribution in [-0.2, 0) is 4.74 Å². The van der Waals surface area contributed by atoms with E-state index in [1.165, 1.54) is 6.33 Å². The molecule has 0 atom stereocenters. The van der Waals surface area contributed by atoms with Crippen molar-refractivity contribution in [2.45, 2.75) is 13.8 Å². The van der Waals surface area contributed by atoms with E-state index >= 15 is 0 Å². The molecular formula is C11H19N5O3. The molecule has 0 aliphatic carbocycles. The number of nitrogens with one attached hydrogen (secondary N) is 1. The zero-order valence-corrected chi connectivity index (χ0v) is 11.4. The SMILES string of the molecule is CCOCCN(CC)c1ncnc(NC)c1[N+](=O)[O-]. The Balaban J connectivity index is 3.05. The monoisotopic (exact) mass is 269 g/mol. The largest absolute Gasteiger partial charge is 0.380 e. The van der Waals surface area contributed by atoms with Crippen LogP contribution in [0.1, 0.15) is 13.8 Å². The maximum atomic E-state index is 11.2. The highest BCUT2D eigenvalue weighted by Crippen LogP contribution is 2.31. The average Bonchev–Trinajstić information content (AvgIpc) is 2.42. The lowest BCUT2D eigenvalue weighted by atomic mass is 10.3. The first-order valence-electron chi connectivity index (χ1n) is 6.15. The Labute approximate surface area is 112 Å². The van der Waals surface area contributed by atoms with Crippen molar-refractivity contribution in [2.75, 3.05) is 43.6 Å². The normalized spacial score (nSPS) is 10.3. The summed E-state index contributed by atoms with van der Waals surface area (Å²) in [5.74, 6) is 0.524. The van der Waals surface area contributed by atoms with E-state index in [-0.39, 0.29) is 11.5 Å². The molecule has 1 rings (SSSR count). The molecule has 0 radical (unpaired) electrons. The molecule has 0 aliphatic rings. The molecule has 1 N–H and O–H groups in total. The third kappa shape index (κ3) is 3.75. The smallest absolute Gasteiger partial charge is 0.353 e. The van der Waals surface area contributed by atoms with E-state index in [1.807, 2.05) is 13.8 Å². The maximum absolute atomic E-state index is 11.2. The van der Waals surface area contributed by atoms with Crippen molar-refractivity contribution in [2.24, 2.45) is 0 Å². The molecule has 19 heavy (non-hydrogen) atoms. The number of rotatable bonds is 8. The summed E-state index contributed by atoms with van der Waals surface area (Å²) < 4.78 is 5.27. The summed E-state index contributed by atoms with van der Waals surface area (Å²) in [6, 6.07) is 0. The zero-order valence-electron chi connectivity index (χ0n) is 11.4. The number of ether oxygens (including phenoxy) is 1. The van der Waals surface area contributed by atoms with Gasteiger partial charge in [0, 0.05) is 26.7 Å². The Morgan fingerprint density at radius 2 is 2.21 bits per heavy atom. The number of aromatic nitrogens is 2. The van der Waals surface area contributed by atoms with Gasteiger partial charge in [0.25, 0.3) is 0 Å². The van der Waals surface area contributed by atoms with Crippen LogP contribution in [0.3, 0.4) is 0 Å². The number of nitrogens with zero attached hydrogens (tertiary/aromatic N) is 4. The van der Waals surface area contributed by atoms with Gasteiger partial charge in [-0.25, -0.2) is 9.97 Å². The van der Waals surface area contributed by atoms with Gasteiger partial charge in [-0.05, 0) is 13.8 Å². The van der Waals surface area contributed by atoms with Crippen LogP contribution >= 0.6 is 0 Å². The minimum absolute atomic E-state index is 0.108. The Morgan fingerprint density at radius 3 is 2.74 bits per heavy atom. The van der Waals surface area contributed by atoms with Crippen LogP contribution in [0.15, 0.2) is 6.33 Å². The quantitative estimate of drug-likeness (QED) is 0.431. The Morgan fingerprint density at radius 1 is 1.47 bits per heavy atom. The molecule has 0 spiro atoms. The molecule has 1 aromatic rings. The van der Waals surface area contributed by atoms with Crippen molar-refractivity contribution in [3.8, 4) is 0 Å². The van der Waals surface area contributed by atoms with Crippen molar-refractivity contribution < 1.29 is 9.66 Å². The Kier molecular flexibility index (Phi) is 5.94. The molecular weight excluding hydrogens is 250 g/mol. The summed E-state index contributed by atoms with van der Waals surface area (Å²) in [5, 5.41) is 13.9. The summed E-state index contributed by atoms with van der Waals surface area (Å²) in [6.07, 6.45) is 1.32. The van der Waals surface area contributed by atoms with E-state index in [4.69, 9.17) is 4.74 Å². The summed E-state index contributed by atoms with van der Waals surface area (Å²) >= 11 is 0. The van der Waals surface area contributed by atoms with Gasteiger partial charge in [-0.1, -0.05) is 0 Å². The predicted molar refractivity (Wildman–Crippen MR) is 72.6 cm³/mol. The van der Waals surface area contributed by atoms with Crippen LogP contribution in [0.5, 0.6) is 0 Å². The number of hydrogen-bond donors (Lipinski definition) is 1. The van der Waals surface area contributed by atoms with E-state index in [9.17, 15) is 10.1 Å². The van der Waals surface area contributed by atoms with Crippen molar-refractivity contribution >= 4 is 17.3 Å². The first-order chi connectivity index (χ1) is 9.15. The number of nitro groups is 1. The molecule has 0 saturated heterocycles. The van der Waals surface area contributed by atoms with Gasteiger partial charge in [0.1, 0.15) is 6.33 Å². The molecule has 0 saturated carbocycles. The average molecular weight is 269 g/mol. The fourth-order valence-corrected chi connectivity index (χ4v) is 1.68. The van der Waals surface area contributed by atoms with Crippen LogP contribution in [0, 0.1) is 10.1 Å². The lowest BCUT2D eigenvalue weighted by Gasteiger charge is -2.21. The van der Waals surface area contributed by atoms with Gasteiger partial charge < -0.3 is 15.0 Å². The minimum Gasteiger partial charge on any atom is -0.380 e. The highest BCUT2D eigenvalue weighted by atomic mass is 16.6. The van der Waals surface area contributed by atoms with Crippen LogP contribution in [-0.4, -0.2) is 48.2 Å².